The summed E-state index contributed by atoms with van der Waals surface area (Å²) in [6.45, 7) is 1.99. The molecule has 1 N–H and O–H groups in total. The Labute approximate surface area is 176 Å². The number of methoxy groups -OCH3 is 2. The van der Waals surface area contributed by atoms with Crippen LogP contribution < -0.4 is 19.7 Å². The van der Waals surface area contributed by atoms with Crippen LogP contribution in [0, 0.1) is 11.8 Å². The molecule has 1 aromatic rings. The van der Waals surface area contributed by atoms with Crippen molar-refractivity contribution in [3.63, 3.8) is 0 Å². The van der Waals surface area contributed by atoms with Gasteiger partial charge in [-0.25, -0.2) is 0 Å². The van der Waals surface area contributed by atoms with Crippen LogP contribution in [0.25, 0.3) is 0 Å². The van der Waals surface area contributed by atoms with Crippen LogP contribution in [0.5, 0.6) is 11.5 Å². The van der Waals surface area contributed by atoms with Gasteiger partial charge in [-0.15, -0.1) is 0 Å². The monoisotopic (exact) mass is 418 g/mol. The van der Waals surface area contributed by atoms with E-state index in [-0.39, 0.29) is 37.4 Å². The summed E-state index contributed by atoms with van der Waals surface area (Å²) in [6, 6.07) is 5.27. The second-order valence-corrected chi connectivity index (χ2v) is 7.99. The van der Waals surface area contributed by atoms with E-state index in [9.17, 15) is 14.4 Å². The van der Waals surface area contributed by atoms with Gasteiger partial charge in [0.2, 0.25) is 5.91 Å². The number of rotatable bonds is 7. The van der Waals surface area contributed by atoms with Crippen molar-refractivity contribution >= 4 is 23.5 Å². The van der Waals surface area contributed by atoms with Crippen molar-refractivity contribution in [2.75, 3.05) is 32.3 Å². The van der Waals surface area contributed by atoms with Crippen LogP contribution >= 0.6 is 0 Å². The molecule has 0 unspecified atom stereocenters. The SMILES string of the molecule is COc1ccc(N2C[C@H](C(=O)OCC(=O)N[C@@H]3CCCC[C@@H]3C)CC2=O)c(OC)c1. The van der Waals surface area contributed by atoms with Crippen molar-refractivity contribution < 1.29 is 28.6 Å². The molecule has 1 aliphatic heterocycles. The van der Waals surface area contributed by atoms with E-state index in [1.165, 1.54) is 18.4 Å². The van der Waals surface area contributed by atoms with Crippen LogP contribution in [0.4, 0.5) is 5.69 Å². The maximum atomic E-state index is 12.5. The Morgan fingerprint density at radius 3 is 2.63 bits per heavy atom. The number of hydrogen-bond donors (Lipinski definition) is 1. The van der Waals surface area contributed by atoms with Crippen molar-refractivity contribution in [1.82, 2.24) is 5.32 Å². The third-order valence-corrected chi connectivity index (χ3v) is 5.94. The molecule has 30 heavy (non-hydrogen) atoms. The molecule has 1 saturated carbocycles. The van der Waals surface area contributed by atoms with Gasteiger partial charge in [-0.3, -0.25) is 14.4 Å². The summed E-state index contributed by atoms with van der Waals surface area (Å²) in [6.07, 6.45) is 4.38. The molecule has 3 atom stereocenters. The highest BCUT2D eigenvalue weighted by atomic mass is 16.5. The Morgan fingerprint density at radius 1 is 1.17 bits per heavy atom. The fourth-order valence-corrected chi connectivity index (χ4v) is 4.14. The number of esters is 1. The highest BCUT2D eigenvalue weighted by Gasteiger charge is 2.37. The van der Waals surface area contributed by atoms with Crippen LogP contribution in [0.15, 0.2) is 18.2 Å². The average molecular weight is 418 g/mol. The highest BCUT2D eigenvalue weighted by Crippen LogP contribution is 2.36. The smallest absolute Gasteiger partial charge is 0.311 e. The number of nitrogens with one attached hydrogen (secondary N) is 1. The minimum absolute atomic E-state index is 0.0370. The molecule has 164 valence electrons. The van der Waals surface area contributed by atoms with Crippen LogP contribution in [0.1, 0.15) is 39.0 Å². The quantitative estimate of drug-likeness (QED) is 0.683. The number of anilines is 1. The van der Waals surface area contributed by atoms with Gasteiger partial charge in [0, 0.05) is 25.1 Å². The minimum Gasteiger partial charge on any atom is -0.497 e. The standard InChI is InChI=1S/C22H30N2O6/c1-14-6-4-5-7-17(14)23-20(25)13-30-22(27)15-10-21(26)24(12-15)18-9-8-16(28-2)11-19(18)29-3/h8-9,11,14-15,17H,4-7,10,12-13H2,1-3H3,(H,23,25)/t14-,15+,17+/m0/s1. The molecule has 8 nitrogen and oxygen atoms in total. The molecule has 1 aromatic carbocycles. The zero-order valence-corrected chi connectivity index (χ0v) is 17.8. The summed E-state index contributed by atoms with van der Waals surface area (Å²) in [7, 11) is 3.06. The Bertz CT molecular complexity index is 796. The van der Waals surface area contributed by atoms with E-state index < -0.39 is 11.9 Å². The van der Waals surface area contributed by atoms with Gasteiger partial charge in [0.05, 0.1) is 25.8 Å². The molecule has 1 aliphatic carbocycles. The number of nitrogens with zero attached hydrogens (tertiary/aromatic N) is 1. The second-order valence-electron chi connectivity index (χ2n) is 7.99. The molecule has 0 aromatic heterocycles. The average Bonchev–Trinajstić information content (AvgIpc) is 3.14. The van der Waals surface area contributed by atoms with Gasteiger partial charge in [-0.2, -0.15) is 0 Å². The summed E-state index contributed by atoms with van der Waals surface area (Å²) in [4.78, 5) is 38.6. The first-order chi connectivity index (χ1) is 14.4. The van der Waals surface area contributed by atoms with Crippen LogP contribution in [0.3, 0.4) is 0 Å². The lowest BCUT2D eigenvalue weighted by Crippen LogP contribution is -2.43. The molecule has 2 fully saturated rings. The van der Waals surface area contributed by atoms with Gasteiger partial charge < -0.3 is 24.4 Å². The Morgan fingerprint density at radius 2 is 1.93 bits per heavy atom. The van der Waals surface area contributed by atoms with E-state index in [0.29, 0.717) is 23.1 Å². The van der Waals surface area contributed by atoms with Crippen molar-refractivity contribution in [2.24, 2.45) is 11.8 Å². The number of carbonyl (C=O) groups is 3. The van der Waals surface area contributed by atoms with E-state index in [2.05, 4.69) is 12.2 Å². The Kier molecular flexibility index (Phi) is 7.18. The molecule has 0 bridgehead atoms. The first-order valence-corrected chi connectivity index (χ1v) is 10.4. The molecule has 0 spiro atoms. The van der Waals surface area contributed by atoms with Crippen molar-refractivity contribution in [3.05, 3.63) is 18.2 Å². The number of hydrogen-bond acceptors (Lipinski definition) is 6. The van der Waals surface area contributed by atoms with Gasteiger partial charge in [0.25, 0.3) is 5.91 Å². The van der Waals surface area contributed by atoms with Crippen LogP contribution in [0.2, 0.25) is 0 Å². The van der Waals surface area contributed by atoms with Crippen LogP contribution in [-0.2, 0) is 19.1 Å². The molecule has 1 saturated heterocycles. The molecule has 3 rings (SSSR count). The maximum Gasteiger partial charge on any atom is 0.311 e. The zero-order valence-electron chi connectivity index (χ0n) is 17.8. The number of benzene rings is 1. The lowest BCUT2D eigenvalue weighted by molar-refractivity contribution is -0.152. The molecule has 8 heteroatoms. The molecule has 0 radical (unpaired) electrons. The summed E-state index contributed by atoms with van der Waals surface area (Å²) >= 11 is 0. The zero-order chi connectivity index (χ0) is 21.7. The normalized spacial score (nSPS) is 23.8. The molecular formula is C22H30N2O6. The van der Waals surface area contributed by atoms with Gasteiger partial charge in [0.1, 0.15) is 11.5 Å². The van der Waals surface area contributed by atoms with Crippen molar-refractivity contribution in [1.29, 1.82) is 0 Å². The van der Waals surface area contributed by atoms with Gasteiger partial charge >= 0.3 is 5.97 Å². The lowest BCUT2D eigenvalue weighted by atomic mass is 9.86. The van der Waals surface area contributed by atoms with E-state index in [1.807, 2.05) is 0 Å². The largest absolute Gasteiger partial charge is 0.497 e. The predicted molar refractivity (Wildman–Crippen MR) is 111 cm³/mol. The topological polar surface area (TPSA) is 94.2 Å². The van der Waals surface area contributed by atoms with Gasteiger partial charge in [0.15, 0.2) is 6.61 Å². The van der Waals surface area contributed by atoms with Crippen LogP contribution in [-0.4, -0.2) is 51.2 Å². The molecular weight excluding hydrogens is 388 g/mol. The summed E-state index contributed by atoms with van der Waals surface area (Å²) < 4.78 is 15.8. The molecule has 2 amide bonds. The lowest BCUT2D eigenvalue weighted by Gasteiger charge is -2.29. The number of amides is 2. The fraction of sp³-hybridized carbons (Fsp3) is 0.591. The molecule has 2 aliphatic rings. The van der Waals surface area contributed by atoms with E-state index in [1.54, 1.807) is 25.3 Å². The number of carbonyl (C=O) groups excluding carboxylic acids is 3. The number of ether oxygens (including phenoxy) is 3. The Balaban J connectivity index is 1.54. The Hall–Kier alpha value is -2.77. The summed E-state index contributed by atoms with van der Waals surface area (Å²) in [5, 5.41) is 2.96. The third kappa shape index (κ3) is 5.04. The molecule has 1 heterocycles. The van der Waals surface area contributed by atoms with Crippen molar-refractivity contribution in [3.8, 4) is 11.5 Å². The predicted octanol–water partition coefficient (Wildman–Crippen LogP) is 2.29. The highest BCUT2D eigenvalue weighted by molar-refractivity contribution is 6.00. The third-order valence-electron chi connectivity index (χ3n) is 5.94. The summed E-state index contributed by atoms with van der Waals surface area (Å²) in [5.41, 5.74) is 0.572. The maximum absolute atomic E-state index is 12.5. The summed E-state index contributed by atoms with van der Waals surface area (Å²) in [5.74, 6) is -0.120. The second kappa shape index (κ2) is 9.82. The van der Waals surface area contributed by atoms with Crippen molar-refractivity contribution in [2.45, 2.75) is 45.1 Å². The minimum atomic E-state index is -0.620. The first kappa shape index (κ1) is 21.9. The van der Waals surface area contributed by atoms with E-state index in [0.717, 1.165) is 19.3 Å². The van der Waals surface area contributed by atoms with Gasteiger partial charge in [-0.05, 0) is 30.9 Å². The van der Waals surface area contributed by atoms with Gasteiger partial charge in [-0.1, -0.05) is 19.8 Å². The first-order valence-electron chi connectivity index (χ1n) is 10.4. The van der Waals surface area contributed by atoms with E-state index >= 15 is 0 Å². The fourth-order valence-electron chi connectivity index (χ4n) is 4.14. The van der Waals surface area contributed by atoms with E-state index in [4.69, 9.17) is 14.2 Å².